The molecule has 0 amide bonds. The zero-order valence-corrected chi connectivity index (χ0v) is 8.96. The maximum Gasteiger partial charge on any atom is 0.177 e. The van der Waals surface area contributed by atoms with E-state index in [1.54, 1.807) is 19.1 Å². The van der Waals surface area contributed by atoms with Gasteiger partial charge in [0.25, 0.3) is 0 Å². The van der Waals surface area contributed by atoms with Gasteiger partial charge in [0.1, 0.15) is 5.76 Å². The summed E-state index contributed by atoms with van der Waals surface area (Å²) in [6.45, 7) is 1.78. The number of aldehydes is 1. The van der Waals surface area contributed by atoms with Gasteiger partial charge in [-0.1, -0.05) is 15.9 Å². The number of aromatic hydroxyl groups is 1. The molecule has 4 heteroatoms. The molecule has 0 bridgehead atoms. The van der Waals surface area contributed by atoms with Gasteiger partial charge in [0.2, 0.25) is 0 Å². The molecule has 1 aromatic carbocycles. The van der Waals surface area contributed by atoms with E-state index in [0.717, 1.165) is 9.86 Å². The van der Waals surface area contributed by atoms with Gasteiger partial charge in [-0.3, -0.25) is 4.79 Å². The van der Waals surface area contributed by atoms with E-state index in [4.69, 9.17) is 4.42 Å². The summed E-state index contributed by atoms with van der Waals surface area (Å²) < 4.78 is 6.02. The number of carbonyl (C=O) groups is 1. The van der Waals surface area contributed by atoms with Gasteiger partial charge in [0, 0.05) is 9.86 Å². The molecular weight excluding hydrogens is 248 g/mol. The summed E-state index contributed by atoms with van der Waals surface area (Å²) in [5, 5.41) is 10.4. The third-order valence-corrected chi connectivity index (χ3v) is 2.67. The molecule has 1 heterocycles. The molecular formula is C10H7BrO3. The van der Waals surface area contributed by atoms with Crippen molar-refractivity contribution < 1.29 is 14.3 Å². The molecule has 0 aliphatic heterocycles. The lowest BCUT2D eigenvalue weighted by molar-refractivity contribution is 0.112. The molecule has 14 heavy (non-hydrogen) atoms. The van der Waals surface area contributed by atoms with Crippen molar-refractivity contribution >= 4 is 33.2 Å². The van der Waals surface area contributed by atoms with E-state index in [1.807, 2.05) is 0 Å². The largest absolute Gasteiger partial charge is 0.504 e. The van der Waals surface area contributed by atoms with Crippen molar-refractivity contribution in [3.05, 3.63) is 27.9 Å². The first kappa shape index (κ1) is 9.27. The highest BCUT2D eigenvalue weighted by atomic mass is 79.9. The van der Waals surface area contributed by atoms with Gasteiger partial charge in [-0.05, 0) is 19.1 Å². The van der Waals surface area contributed by atoms with Crippen LogP contribution >= 0.6 is 15.9 Å². The van der Waals surface area contributed by atoms with Crippen LogP contribution in [-0.2, 0) is 0 Å². The fraction of sp³-hybridized carbons (Fsp3) is 0.100. The molecule has 2 rings (SSSR count). The maximum atomic E-state index is 10.6. The average Bonchev–Trinajstić information content (AvgIpc) is 2.54. The van der Waals surface area contributed by atoms with Crippen LogP contribution < -0.4 is 0 Å². The molecule has 2 aromatic rings. The van der Waals surface area contributed by atoms with Crippen LogP contribution in [0.3, 0.4) is 0 Å². The molecule has 0 saturated heterocycles. The number of furan rings is 1. The zero-order valence-electron chi connectivity index (χ0n) is 7.37. The lowest BCUT2D eigenvalue weighted by Gasteiger charge is -1.99. The Bertz CT molecular complexity index is 514. The number of rotatable bonds is 1. The minimum absolute atomic E-state index is 0.105. The van der Waals surface area contributed by atoms with Crippen molar-refractivity contribution in [1.82, 2.24) is 0 Å². The van der Waals surface area contributed by atoms with Crippen molar-refractivity contribution in [2.75, 3.05) is 0 Å². The summed E-state index contributed by atoms with van der Waals surface area (Å²) in [4.78, 5) is 10.6. The van der Waals surface area contributed by atoms with Crippen LogP contribution in [0.2, 0.25) is 0 Å². The highest BCUT2D eigenvalue weighted by Crippen LogP contribution is 2.35. The topological polar surface area (TPSA) is 50.4 Å². The fourth-order valence-electron chi connectivity index (χ4n) is 1.37. The first-order chi connectivity index (χ1) is 6.63. The smallest absolute Gasteiger partial charge is 0.177 e. The minimum Gasteiger partial charge on any atom is -0.504 e. The third kappa shape index (κ3) is 1.23. The van der Waals surface area contributed by atoms with Crippen LogP contribution in [-0.4, -0.2) is 11.4 Å². The van der Waals surface area contributed by atoms with Crippen molar-refractivity contribution in [1.29, 1.82) is 0 Å². The van der Waals surface area contributed by atoms with E-state index in [0.29, 0.717) is 17.6 Å². The molecule has 0 aliphatic carbocycles. The average molecular weight is 255 g/mol. The lowest BCUT2D eigenvalue weighted by atomic mass is 10.1. The second-order valence-electron chi connectivity index (χ2n) is 3.01. The van der Waals surface area contributed by atoms with Crippen molar-refractivity contribution in [2.45, 2.75) is 6.92 Å². The van der Waals surface area contributed by atoms with E-state index in [-0.39, 0.29) is 11.3 Å². The Morgan fingerprint density at radius 2 is 2.21 bits per heavy atom. The lowest BCUT2D eigenvalue weighted by Crippen LogP contribution is -1.82. The first-order valence-electron chi connectivity index (χ1n) is 4.00. The van der Waals surface area contributed by atoms with Crippen molar-refractivity contribution in [3.63, 3.8) is 0 Å². The number of aryl methyl sites for hydroxylation is 1. The number of carbonyl (C=O) groups excluding carboxylic acids is 1. The fourth-order valence-corrected chi connectivity index (χ4v) is 1.91. The van der Waals surface area contributed by atoms with E-state index < -0.39 is 0 Å². The van der Waals surface area contributed by atoms with Crippen LogP contribution in [0, 0.1) is 6.92 Å². The van der Waals surface area contributed by atoms with Gasteiger partial charge in [-0.15, -0.1) is 0 Å². The van der Waals surface area contributed by atoms with Gasteiger partial charge in [0.05, 0.1) is 5.56 Å². The summed E-state index contributed by atoms with van der Waals surface area (Å²) in [6.07, 6.45) is 0.595. The molecule has 0 atom stereocenters. The molecule has 0 unspecified atom stereocenters. The van der Waals surface area contributed by atoms with Crippen LogP contribution in [0.1, 0.15) is 16.1 Å². The standard InChI is InChI=1S/C10H7BrO3/c1-5-2-7-8(11)3-6(4-12)9(13)10(7)14-5/h2-4,13H,1H3. The summed E-state index contributed by atoms with van der Waals surface area (Å²) in [6, 6.07) is 3.37. The number of hydrogen-bond donors (Lipinski definition) is 1. The Kier molecular flexibility index (Phi) is 2.07. The second-order valence-corrected chi connectivity index (χ2v) is 3.87. The Morgan fingerprint density at radius 1 is 1.50 bits per heavy atom. The van der Waals surface area contributed by atoms with Crippen molar-refractivity contribution in [3.8, 4) is 5.75 Å². The maximum absolute atomic E-state index is 10.6. The first-order valence-corrected chi connectivity index (χ1v) is 4.79. The van der Waals surface area contributed by atoms with E-state index in [9.17, 15) is 9.90 Å². The van der Waals surface area contributed by atoms with Crippen LogP contribution in [0.15, 0.2) is 21.0 Å². The highest BCUT2D eigenvalue weighted by Gasteiger charge is 2.13. The number of benzene rings is 1. The molecule has 1 N–H and O–H groups in total. The van der Waals surface area contributed by atoms with E-state index in [2.05, 4.69) is 15.9 Å². The zero-order chi connectivity index (χ0) is 10.3. The molecule has 0 radical (unpaired) electrons. The molecule has 72 valence electrons. The van der Waals surface area contributed by atoms with Gasteiger partial charge < -0.3 is 9.52 Å². The Balaban J connectivity index is 2.93. The van der Waals surface area contributed by atoms with Crippen LogP contribution in [0.4, 0.5) is 0 Å². The molecule has 0 fully saturated rings. The molecule has 0 saturated carbocycles. The third-order valence-electron chi connectivity index (χ3n) is 2.01. The number of fused-ring (bicyclic) bond motifs is 1. The summed E-state index contributed by atoms with van der Waals surface area (Å²) >= 11 is 3.31. The monoisotopic (exact) mass is 254 g/mol. The van der Waals surface area contributed by atoms with Gasteiger partial charge in [-0.2, -0.15) is 0 Å². The predicted octanol–water partition coefficient (Wildman–Crippen LogP) is 3.02. The predicted molar refractivity (Wildman–Crippen MR) is 55.7 cm³/mol. The van der Waals surface area contributed by atoms with Crippen LogP contribution in [0.25, 0.3) is 11.0 Å². The highest BCUT2D eigenvalue weighted by molar-refractivity contribution is 9.10. The SMILES string of the molecule is Cc1cc2c(Br)cc(C=O)c(O)c2o1. The van der Waals surface area contributed by atoms with Gasteiger partial charge >= 0.3 is 0 Å². The minimum atomic E-state index is -0.105. The summed E-state index contributed by atoms with van der Waals surface area (Å²) in [5.74, 6) is 0.588. The van der Waals surface area contributed by atoms with E-state index in [1.165, 1.54) is 0 Å². The summed E-state index contributed by atoms with van der Waals surface area (Å²) in [5.41, 5.74) is 0.567. The number of phenols is 1. The molecule has 0 spiro atoms. The van der Waals surface area contributed by atoms with Crippen LogP contribution in [0.5, 0.6) is 5.75 Å². The van der Waals surface area contributed by atoms with Gasteiger partial charge in [-0.25, -0.2) is 0 Å². The van der Waals surface area contributed by atoms with Gasteiger partial charge in [0.15, 0.2) is 17.6 Å². The van der Waals surface area contributed by atoms with E-state index >= 15 is 0 Å². The second kappa shape index (κ2) is 3.13. The Morgan fingerprint density at radius 3 is 2.86 bits per heavy atom. The molecule has 3 nitrogen and oxygen atoms in total. The summed E-state index contributed by atoms with van der Waals surface area (Å²) in [7, 11) is 0. The normalized spacial score (nSPS) is 10.7. The van der Waals surface area contributed by atoms with Crippen molar-refractivity contribution in [2.24, 2.45) is 0 Å². The number of phenolic OH excluding ortho intramolecular Hbond substituents is 1. The quantitative estimate of drug-likeness (QED) is 0.797. The molecule has 1 aromatic heterocycles. The number of hydrogen-bond acceptors (Lipinski definition) is 3. The molecule has 0 aliphatic rings. The Hall–Kier alpha value is -1.29. The number of halogens is 1. The Labute approximate surface area is 88.5 Å².